The first-order valence-electron chi connectivity index (χ1n) is 9.77. The number of fused-ring (bicyclic) bond motifs is 2. The zero-order valence-electron chi connectivity index (χ0n) is 16.6. The molecule has 1 aromatic heterocycles. The van der Waals surface area contributed by atoms with Crippen LogP contribution in [0.5, 0.6) is 0 Å². The van der Waals surface area contributed by atoms with Crippen molar-refractivity contribution in [2.24, 2.45) is 0 Å². The van der Waals surface area contributed by atoms with Gasteiger partial charge in [0.2, 0.25) is 11.8 Å². The van der Waals surface area contributed by atoms with E-state index in [2.05, 4.69) is 9.97 Å². The fourth-order valence-corrected chi connectivity index (χ4v) is 4.93. The summed E-state index contributed by atoms with van der Waals surface area (Å²) in [5.74, 6) is -0.408. The van der Waals surface area contributed by atoms with Gasteiger partial charge in [-0.2, -0.15) is 0 Å². The van der Waals surface area contributed by atoms with Gasteiger partial charge in [0, 0.05) is 22.9 Å². The van der Waals surface area contributed by atoms with Crippen molar-refractivity contribution in [3.8, 4) is 0 Å². The number of imide groups is 1. The summed E-state index contributed by atoms with van der Waals surface area (Å²) in [5.41, 5.74) is 3.47. The first-order chi connectivity index (χ1) is 14.5. The largest absolute Gasteiger partial charge is 0.274 e. The first-order valence-corrected chi connectivity index (χ1v) is 10.7. The SMILES string of the molecule is Cc1ccc2c(C)nc(S[C@@H]3CC(=O)N(c4cccc5ccccc45)C3=O)nc2c1. The van der Waals surface area contributed by atoms with Gasteiger partial charge in [-0.3, -0.25) is 9.59 Å². The maximum absolute atomic E-state index is 13.2. The summed E-state index contributed by atoms with van der Waals surface area (Å²) in [6.45, 7) is 3.96. The minimum atomic E-state index is -0.530. The lowest BCUT2D eigenvalue weighted by Gasteiger charge is -2.17. The monoisotopic (exact) mass is 413 g/mol. The van der Waals surface area contributed by atoms with Crippen molar-refractivity contribution >= 4 is 50.9 Å². The molecule has 0 radical (unpaired) electrons. The Balaban J connectivity index is 1.48. The quantitative estimate of drug-likeness (QED) is 0.356. The van der Waals surface area contributed by atoms with E-state index in [-0.39, 0.29) is 18.2 Å². The molecule has 30 heavy (non-hydrogen) atoms. The zero-order chi connectivity index (χ0) is 20.8. The smallest absolute Gasteiger partial charge is 0.247 e. The van der Waals surface area contributed by atoms with Gasteiger partial charge in [-0.1, -0.05) is 60.3 Å². The van der Waals surface area contributed by atoms with Crippen molar-refractivity contribution in [1.82, 2.24) is 9.97 Å². The number of benzene rings is 3. The van der Waals surface area contributed by atoms with Crippen molar-refractivity contribution in [3.05, 3.63) is 71.9 Å². The zero-order valence-corrected chi connectivity index (χ0v) is 17.4. The van der Waals surface area contributed by atoms with Gasteiger partial charge in [-0.15, -0.1) is 0 Å². The lowest BCUT2D eigenvalue weighted by Crippen LogP contribution is -2.31. The molecule has 1 atom stereocenters. The van der Waals surface area contributed by atoms with E-state index in [0.29, 0.717) is 10.8 Å². The van der Waals surface area contributed by atoms with Crippen LogP contribution in [-0.4, -0.2) is 27.0 Å². The van der Waals surface area contributed by atoms with Crippen LogP contribution in [0.2, 0.25) is 0 Å². The normalized spacial score (nSPS) is 16.7. The standard InChI is InChI=1S/C24H19N3O2S/c1-14-10-11-17-15(2)25-24(26-19(17)12-14)30-21-13-22(28)27(23(21)29)20-9-5-7-16-6-3-4-8-18(16)20/h3-12,21H,13H2,1-2H3/t21-/m1/s1. The molecule has 0 saturated carbocycles. The number of aryl methyl sites for hydroxylation is 2. The van der Waals surface area contributed by atoms with Crippen LogP contribution in [0.4, 0.5) is 5.69 Å². The molecule has 1 aliphatic heterocycles. The van der Waals surface area contributed by atoms with Gasteiger partial charge in [0.05, 0.1) is 11.2 Å². The summed E-state index contributed by atoms with van der Waals surface area (Å²) in [7, 11) is 0. The molecule has 0 spiro atoms. The fraction of sp³-hybridized carbons (Fsp3) is 0.167. The van der Waals surface area contributed by atoms with Gasteiger partial charge in [-0.05, 0) is 36.9 Å². The molecule has 4 aromatic rings. The van der Waals surface area contributed by atoms with Crippen LogP contribution in [0, 0.1) is 13.8 Å². The second-order valence-corrected chi connectivity index (χ2v) is 8.66. The van der Waals surface area contributed by atoms with E-state index in [4.69, 9.17) is 0 Å². The number of carbonyl (C=O) groups is 2. The Kier molecular flexibility index (Phi) is 4.51. The van der Waals surface area contributed by atoms with Crippen molar-refractivity contribution in [1.29, 1.82) is 0 Å². The molecule has 1 saturated heterocycles. The minimum absolute atomic E-state index is 0.140. The highest BCUT2D eigenvalue weighted by atomic mass is 32.2. The number of hydrogen-bond donors (Lipinski definition) is 0. The summed E-state index contributed by atoms with van der Waals surface area (Å²) in [6, 6.07) is 19.5. The Morgan fingerprint density at radius 3 is 2.60 bits per heavy atom. The van der Waals surface area contributed by atoms with E-state index in [0.717, 1.165) is 32.9 Å². The van der Waals surface area contributed by atoms with Gasteiger partial charge in [-0.25, -0.2) is 14.9 Å². The Morgan fingerprint density at radius 1 is 0.933 bits per heavy atom. The van der Waals surface area contributed by atoms with Gasteiger partial charge >= 0.3 is 0 Å². The Hall–Kier alpha value is -3.25. The number of anilines is 1. The van der Waals surface area contributed by atoms with Crippen LogP contribution in [0.25, 0.3) is 21.7 Å². The molecule has 5 rings (SSSR count). The second-order valence-electron chi connectivity index (χ2n) is 7.49. The summed E-state index contributed by atoms with van der Waals surface area (Å²) in [6.07, 6.45) is 0.140. The molecule has 0 bridgehead atoms. The molecule has 1 aliphatic rings. The molecule has 0 aliphatic carbocycles. The number of aromatic nitrogens is 2. The molecular formula is C24H19N3O2S. The van der Waals surface area contributed by atoms with Crippen LogP contribution in [0.1, 0.15) is 17.7 Å². The Labute approximate surface area is 178 Å². The molecule has 2 amide bonds. The number of nitrogens with zero attached hydrogens (tertiary/aromatic N) is 3. The van der Waals surface area contributed by atoms with Crippen LogP contribution < -0.4 is 4.90 Å². The fourth-order valence-electron chi connectivity index (χ4n) is 3.90. The van der Waals surface area contributed by atoms with Gasteiger partial charge in [0.1, 0.15) is 5.25 Å². The molecule has 3 aromatic carbocycles. The van der Waals surface area contributed by atoms with Gasteiger partial charge in [0.25, 0.3) is 0 Å². The summed E-state index contributed by atoms with van der Waals surface area (Å²) >= 11 is 1.27. The number of carbonyl (C=O) groups excluding carboxylic acids is 2. The lowest BCUT2D eigenvalue weighted by atomic mass is 10.1. The Bertz CT molecular complexity index is 1330. The van der Waals surface area contributed by atoms with Crippen LogP contribution in [0.3, 0.4) is 0 Å². The molecule has 148 valence electrons. The highest BCUT2D eigenvalue weighted by Crippen LogP contribution is 2.36. The van der Waals surface area contributed by atoms with Gasteiger partial charge in [0.15, 0.2) is 5.16 Å². The first kappa shape index (κ1) is 18.8. The van der Waals surface area contributed by atoms with E-state index in [9.17, 15) is 9.59 Å². The molecule has 1 fully saturated rings. The van der Waals surface area contributed by atoms with Crippen LogP contribution >= 0.6 is 11.8 Å². The third-order valence-corrected chi connectivity index (χ3v) is 6.43. The highest BCUT2D eigenvalue weighted by molar-refractivity contribution is 8.00. The molecular weight excluding hydrogens is 394 g/mol. The summed E-state index contributed by atoms with van der Waals surface area (Å²) in [5, 5.41) is 2.88. The van der Waals surface area contributed by atoms with Crippen LogP contribution in [-0.2, 0) is 9.59 Å². The average Bonchev–Trinajstić information content (AvgIpc) is 3.00. The maximum atomic E-state index is 13.2. The number of thioether (sulfide) groups is 1. The molecule has 0 unspecified atom stereocenters. The minimum Gasteiger partial charge on any atom is -0.274 e. The third kappa shape index (κ3) is 3.13. The average molecular weight is 414 g/mol. The summed E-state index contributed by atoms with van der Waals surface area (Å²) in [4.78, 5) is 36.5. The molecule has 5 nitrogen and oxygen atoms in total. The van der Waals surface area contributed by atoms with E-state index in [1.807, 2.05) is 74.5 Å². The van der Waals surface area contributed by atoms with E-state index in [1.165, 1.54) is 16.7 Å². The Morgan fingerprint density at radius 2 is 1.73 bits per heavy atom. The van der Waals surface area contributed by atoms with Gasteiger partial charge < -0.3 is 0 Å². The van der Waals surface area contributed by atoms with E-state index < -0.39 is 5.25 Å². The number of rotatable bonds is 3. The number of amides is 2. The van der Waals surface area contributed by atoms with Crippen molar-refractivity contribution in [3.63, 3.8) is 0 Å². The highest BCUT2D eigenvalue weighted by Gasteiger charge is 2.41. The lowest BCUT2D eigenvalue weighted by molar-refractivity contribution is -0.121. The topological polar surface area (TPSA) is 63.2 Å². The predicted octanol–water partition coefficient (Wildman–Crippen LogP) is 4.82. The third-order valence-electron chi connectivity index (χ3n) is 5.38. The van der Waals surface area contributed by atoms with Crippen molar-refractivity contribution < 1.29 is 9.59 Å². The van der Waals surface area contributed by atoms with E-state index in [1.54, 1.807) is 0 Å². The van der Waals surface area contributed by atoms with Crippen molar-refractivity contribution in [2.45, 2.75) is 30.7 Å². The van der Waals surface area contributed by atoms with Crippen molar-refractivity contribution in [2.75, 3.05) is 4.90 Å². The predicted molar refractivity (Wildman–Crippen MR) is 120 cm³/mol. The molecule has 2 heterocycles. The van der Waals surface area contributed by atoms with Crippen LogP contribution in [0.15, 0.2) is 65.8 Å². The number of hydrogen-bond acceptors (Lipinski definition) is 5. The maximum Gasteiger partial charge on any atom is 0.247 e. The van der Waals surface area contributed by atoms with E-state index >= 15 is 0 Å². The molecule has 6 heteroatoms. The second kappa shape index (κ2) is 7.22. The molecule has 0 N–H and O–H groups in total. The summed E-state index contributed by atoms with van der Waals surface area (Å²) < 4.78 is 0.